The van der Waals surface area contributed by atoms with Gasteiger partial charge in [0.2, 0.25) is 0 Å². The lowest BCUT2D eigenvalue weighted by molar-refractivity contribution is 0.0696. The standard InChI is InChI=1S/C14H11O2/c1-10-7-8-12(9-13(10)14(15)16)11-5-3-2-4-6-11/h2-3,5-9H,1H3,(H,15,16). The predicted octanol–water partition coefficient (Wildman–Crippen LogP) is 3.16. The molecule has 2 rings (SSSR count). The fourth-order valence-corrected chi connectivity index (χ4v) is 1.60. The maximum atomic E-state index is 11.0. The van der Waals surface area contributed by atoms with E-state index in [0.717, 1.165) is 16.7 Å². The number of carboxylic acid groups (broad SMARTS) is 1. The van der Waals surface area contributed by atoms with Crippen molar-refractivity contribution in [1.82, 2.24) is 0 Å². The van der Waals surface area contributed by atoms with Crippen LogP contribution in [0, 0.1) is 13.0 Å². The molecule has 16 heavy (non-hydrogen) atoms. The molecule has 0 saturated carbocycles. The van der Waals surface area contributed by atoms with E-state index < -0.39 is 5.97 Å². The lowest BCUT2D eigenvalue weighted by Gasteiger charge is -2.05. The molecule has 0 heterocycles. The molecular formula is C14H11O2. The molecule has 0 aliphatic heterocycles. The van der Waals surface area contributed by atoms with Crippen molar-refractivity contribution < 1.29 is 9.90 Å². The zero-order valence-corrected chi connectivity index (χ0v) is 8.90. The maximum absolute atomic E-state index is 11.0. The molecule has 0 aliphatic carbocycles. The molecule has 0 amide bonds. The first-order valence-electron chi connectivity index (χ1n) is 4.99. The van der Waals surface area contributed by atoms with E-state index in [4.69, 9.17) is 5.11 Å². The van der Waals surface area contributed by atoms with Crippen LogP contribution in [0.4, 0.5) is 0 Å². The van der Waals surface area contributed by atoms with Crippen LogP contribution >= 0.6 is 0 Å². The summed E-state index contributed by atoms with van der Waals surface area (Å²) in [6.07, 6.45) is 0. The highest BCUT2D eigenvalue weighted by Crippen LogP contribution is 2.21. The SMILES string of the molecule is Cc1ccc(-c2c[c]ccc2)cc1C(=O)O. The Balaban J connectivity index is 2.52. The number of hydrogen-bond acceptors (Lipinski definition) is 1. The van der Waals surface area contributed by atoms with Gasteiger partial charge in [0.1, 0.15) is 0 Å². The third-order valence-corrected chi connectivity index (χ3v) is 2.51. The van der Waals surface area contributed by atoms with E-state index in [1.54, 1.807) is 13.0 Å². The summed E-state index contributed by atoms with van der Waals surface area (Å²) in [5, 5.41) is 9.03. The molecule has 0 unspecified atom stereocenters. The van der Waals surface area contributed by atoms with Crippen molar-refractivity contribution >= 4 is 5.97 Å². The Hall–Kier alpha value is -2.09. The molecule has 1 N–H and O–H groups in total. The number of benzene rings is 2. The highest BCUT2D eigenvalue weighted by molar-refractivity contribution is 5.91. The zero-order chi connectivity index (χ0) is 11.5. The predicted molar refractivity (Wildman–Crippen MR) is 62.4 cm³/mol. The van der Waals surface area contributed by atoms with Crippen molar-refractivity contribution in [2.45, 2.75) is 6.92 Å². The molecule has 2 nitrogen and oxygen atoms in total. The van der Waals surface area contributed by atoms with Crippen molar-refractivity contribution in [1.29, 1.82) is 0 Å². The Morgan fingerprint density at radius 3 is 2.69 bits per heavy atom. The minimum absolute atomic E-state index is 0.348. The zero-order valence-electron chi connectivity index (χ0n) is 8.90. The number of rotatable bonds is 2. The van der Waals surface area contributed by atoms with Gasteiger partial charge in [-0.25, -0.2) is 4.79 Å². The van der Waals surface area contributed by atoms with E-state index >= 15 is 0 Å². The van der Waals surface area contributed by atoms with Gasteiger partial charge in [-0.1, -0.05) is 30.3 Å². The van der Waals surface area contributed by atoms with Gasteiger partial charge in [0.05, 0.1) is 5.56 Å². The topological polar surface area (TPSA) is 37.3 Å². The molecule has 0 saturated heterocycles. The summed E-state index contributed by atoms with van der Waals surface area (Å²) in [5.41, 5.74) is 3.00. The summed E-state index contributed by atoms with van der Waals surface area (Å²) in [6.45, 7) is 1.80. The Bertz CT molecular complexity index is 516. The van der Waals surface area contributed by atoms with E-state index in [9.17, 15) is 4.79 Å². The minimum atomic E-state index is -0.890. The molecule has 2 aromatic carbocycles. The lowest BCUT2D eigenvalue weighted by atomic mass is 10.00. The van der Waals surface area contributed by atoms with E-state index in [1.165, 1.54) is 0 Å². The van der Waals surface area contributed by atoms with Gasteiger partial charge in [-0.3, -0.25) is 0 Å². The normalized spacial score (nSPS) is 10.1. The molecule has 2 aromatic rings. The quantitative estimate of drug-likeness (QED) is 0.828. The largest absolute Gasteiger partial charge is 0.478 e. The highest BCUT2D eigenvalue weighted by atomic mass is 16.4. The fraction of sp³-hybridized carbons (Fsp3) is 0.0714. The first-order valence-corrected chi connectivity index (χ1v) is 4.99. The van der Waals surface area contributed by atoms with Crippen LogP contribution in [-0.2, 0) is 0 Å². The molecule has 0 aromatic heterocycles. The van der Waals surface area contributed by atoms with Crippen molar-refractivity contribution in [3.05, 3.63) is 59.7 Å². The van der Waals surface area contributed by atoms with Crippen LogP contribution in [0.25, 0.3) is 11.1 Å². The third-order valence-electron chi connectivity index (χ3n) is 2.51. The second-order valence-electron chi connectivity index (χ2n) is 3.63. The highest BCUT2D eigenvalue weighted by Gasteiger charge is 2.08. The molecule has 0 spiro atoms. The van der Waals surface area contributed by atoms with E-state index in [1.807, 2.05) is 36.4 Å². The monoisotopic (exact) mass is 211 g/mol. The first kappa shape index (κ1) is 10.4. The van der Waals surface area contributed by atoms with Crippen molar-refractivity contribution in [3.63, 3.8) is 0 Å². The minimum Gasteiger partial charge on any atom is -0.478 e. The fourth-order valence-electron chi connectivity index (χ4n) is 1.60. The van der Waals surface area contributed by atoms with Gasteiger partial charge >= 0.3 is 5.97 Å². The Morgan fingerprint density at radius 1 is 1.25 bits per heavy atom. The van der Waals surface area contributed by atoms with Crippen LogP contribution < -0.4 is 0 Å². The Morgan fingerprint density at radius 2 is 2.06 bits per heavy atom. The smallest absolute Gasteiger partial charge is 0.335 e. The third kappa shape index (κ3) is 1.96. The van der Waals surface area contributed by atoms with Gasteiger partial charge in [0, 0.05) is 0 Å². The molecule has 0 fully saturated rings. The molecular weight excluding hydrogens is 200 g/mol. The Kier molecular flexibility index (Phi) is 2.73. The summed E-state index contributed by atoms with van der Waals surface area (Å²) in [7, 11) is 0. The van der Waals surface area contributed by atoms with E-state index in [-0.39, 0.29) is 0 Å². The molecule has 0 atom stereocenters. The van der Waals surface area contributed by atoms with Gasteiger partial charge in [-0.15, -0.1) is 0 Å². The van der Waals surface area contributed by atoms with Crippen molar-refractivity contribution in [2.75, 3.05) is 0 Å². The molecule has 2 heteroatoms. The van der Waals surface area contributed by atoms with E-state index in [2.05, 4.69) is 6.07 Å². The van der Waals surface area contributed by atoms with Crippen LogP contribution in [0.1, 0.15) is 15.9 Å². The van der Waals surface area contributed by atoms with Gasteiger partial charge in [-0.05, 0) is 41.8 Å². The maximum Gasteiger partial charge on any atom is 0.335 e. The number of aromatic carboxylic acids is 1. The molecule has 79 valence electrons. The summed E-state index contributed by atoms with van der Waals surface area (Å²) in [4.78, 5) is 11.0. The summed E-state index contributed by atoms with van der Waals surface area (Å²) in [5.74, 6) is -0.890. The molecule has 0 bridgehead atoms. The van der Waals surface area contributed by atoms with Crippen molar-refractivity contribution in [2.24, 2.45) is 0 Å². The van der Waals surface area contributed by atoms with E-state index in [0.29, 0.717) is 5.56 Å². The van der Waals surface area contributed by atoms with Crippen LogP contribution in [-0.4, -0.2) is 11.1 Å². The summed E-state index contributed by atoms with van der Waals surface area (Å²) >= 11 is 0. The van der Waals surface area contributed by atoms with Crippen LogP contribution in [0.5, 0.6) is 0 Å². The Labute approximate surface area is 94.2 Å². The average Bonchev–Trinajstić information content (AvgIpc) is 2.30. The number of carboxylic acids is 1. The van der Waals surface area contributed by atoms with Gasteiger partial charge < -0.3 is 5.11 Å². The van der Waals surface area contributed by atoms with Crippen LogP contribution in [0.3, 0.4) is 0 Å². The summed E-state index contributed by atoms with van der Waals surface area (Å²) < 4.78 is 0. The first-order chi connectivity index (χ1) is 7.68. The van der Waals surface area contributed by atoms with Crippen LogP contribution in [0.2, 0.25) is 0 Å². The molecule has 1 radical (unpaired) electrons. The second kappa shape index (κ2) is 4.19. The number of aryl methyl sites for hydroxylation is 1. The number of carbonyl (C=O) groups is 1. The molecule has 0 aliphatic rings. The van der Waals surface area contributed by atoms with Crippen molar-refractivity contribution in [3.8, 4) is 11.1 Å². The lowest BCUT2D eigenvalue weighted by Crippen LogP contribution is -1.99. The van der Waals surface area contributed by atoms with Gasteiger partial charge in [0.15, 0.2) is 0 Å². The van der Waals surface area contributed by atoms with Crippen LogP contribution in [0.15, 0.2) is 42.5 Å². The number of hydrogen-bond donors (Lipinski definition) is 1. The summed E-state index contributed by atoms with van der Waals surface area (Å²) in [6, 6.07) is 15.9. The van der Waals surface area contributed by atoms with Gasteiger partial charge in [0.25, 0.3) is 0 Å². The average molecular weight is 211 g/mol. The van der Waals surface area contributed by atoms with Gasteiger partial charge in [-0.2, -0.15) is 0 Å². The second-order valence-corrected chi connectivity index (χ2v) is 3.63.